The standard InChI is InChI=1S/C12H11F2NO/c1-8-7-16-11(12(8,13)14)10-4-2-9(6-15)3-5-10/h2-5,8,11H,7H2,1H3/t8-,11+/m1/s1. The smallest absolute Gasteiger partial charge is 0.282 e. The van der Waals surface area contributed by atoms with Crippen LogP contribution >= 0.6 is 0 Å². The quantitative estimate of drug-likeness (QED) is 0.733. The van der Waals surface area contributed by atoms with Crippen LogP contribution in [0.25, 0.3) is 0 Å². The topological polar surface area (TPSA) is 33.0 Å². The van der Waals surface area contributed by atoms with Crippen LogP contribution in [0.4, 0.5) is 8.78 Å². The van der Waals surface area contributed by atoms with Gasteiger partial charge in [-0.05, 0) is 17.7 Å². The fourth-order valence-electron chi connectivity index (χ4n) is 1.77. The first kappa shape index (κ1) is 11.0. The SMILES string of the molecule is C[C@@H]1CO[C@@H](c2ccc(C#N)cc2)C1(F)F. The molecule has 2 atom stereocenters. The maximum absolute atomic E-state index is 13.7. The summed E-state index contributed by atoms with van der Waals surface area (Å²) >= 11 is 0. The van der Waals surface area contributed by atoms with Gasteiger partial charge < -0.3 is 4.74 Å². The van der Waals surface area contributed by atoms with Crippen LogP contribution in [0.15, 0.2) is 24.3 Å². The predicted molar refractivity (Wildman–Crippen MR) is 54.0 cm³/mol. The summed E-state index contributed by atoms with van der Waals surface area (Å²) in [6.07, 6.45) is -1.18. The molecule has 0 amide bonds. The number of benzene rings is 1. The highest BCUT2D eigenvalue weighted by molar-refractivity contribution is 5.33. The van der Waals surface area contributed by atoms with Crippen molar-refractivity contribution in [3.05, 3.63) is 35.4 Å². The molecule has 0 saturated carbocycles. The van der Waals surface area contributed by atoms with Crippen LogP contribution in [0, 0.1) is 17.2 Å². The lowest BCUT2D eigenvalue weighted by molar-refractivity contribution is -0.0858. The van der Waals surface area contributed by atoms with Crippen molar-refractivity contribution in [3.8, 4) is 6.07 Å². The molecule has 0 radical (unpaired) electrons. The van der Waals surface area contributed by atoms with E-state index in [1.165, 1.54) is 31.2 Å². The van der Waals surface area contributed by atoms with Gasteiger partial charge in [0.1, 0.15) is 6.10 Å². The number of hydrogen-bond donors (Lipinski definition) is 0. The molecule has 1 aliphatic rings. The molecular formula is C12H11F2NO. The third kappa shape index (κ3) is 1.68. The van der Waals surface area contributed by atoms with Crippen molar-refractivity contribution in [2.45, 2.75) is 19.0 Å². The van der Waals surface area contributed by atoms with Gasteiger partial charge in [0.05, 0.1) is 18.2 Å². The minimum atomic E-state index is -2.84. The monoisotopic (exact) mass is 223 g/mol. The molecule has 1 heterocycles. The maximum atomic E-state index is 13.7. The summed E-state index contributed by atoms with van der Waals surface area (Å²) in [6, 6.07) is 8.04. The Morgan fingerprint density at radius 2 is 2.00 bits per heavy atom. The Labute approximate surface area is 92.5 Å². The van der Waals surface area contributed by atoms with E-state index in [0.29, 0.717) is 11.1 Å². The number of alkyl halides is 2. The second-order valence-electron chi connectivity index (χ2n) is 4.02. The molecule has 0 spiro atoms. The Hall–Kier alpha value is -1.47. The van der Waals surface area contributed by atoms with Gasteiger partial charge in [0, 0.05) is 5.92 Å². The van der Waals surface area contributed by atoms with Crippen LogP contribution in [0.2, 0.25) is 0 Å². The highest BCUT2D eigenvalue weighted by Gasteiger charge is 2.51. The Morgan fingerprint density at radius 3 is 2.44 bits per heavy atom. The summed E-state index contributed by atoms with van der Waals surface area (Å²) in [6.45, 7) is 1.54. The van der Waals surface area contributed by atoms with E-state index in [2.05, 4.69) is 0 Å². The molecule has 4 heteroatoms. The first-order valence-electron chi connectivity index (χ1n) is 5.05. The number of rotatable bonds is 1. The minimum Gasteiger partial charge on any atom is -0.367 e. The predicted octanol–water partition coefficient (Wildman–Crippen LogP) is 2.90. The number of nitrogens with zero attached hydrogens (tertiary/aromatic N) is 1. The molecule has 2 rings (SSSR count). The summed E-state index contributed by atoms with van der Waals surface area (Å²) in [5.74, 6) is -3.61. The van der Waals surface area contributed by atoms with E-state index in [0.717, 1.165) is 0 Å². The van der Waals surface area contributed by atoms with Crippen molar-refractivity contribution < 1.29 is 13.5 Å². The van der Waals surface area contributed by atoms with Crippen LogP contribution in [-0.4, -0.2) is 12.5 Å². The summed E-state index contributed by atoms with van der Waals surface area (Å²) < 4.78 is 32.5. The molecule has 0 aliphatic carbocycles. The van der Waals surface area contributed by atoms with E-state index >= 15 is 0 Å². The molecule has 0 bridgehead atoms. The molecule has 0 unspecified atom stereocenters. The van der Waals surface area contributed by atoms with Crippen molar-refractivity contribution in [1.82, 2.24) is 0 Å². The maximum Gasteiger partial charge on any atom is 0.282 e. The van der Waals surface area contributed by atoms with Gasteiger partial charge in [-0.2, -0.15) is 5.26 Å². The fraction of sp³-hybridized carbons (Fsp3) is 0.417. The van der Waals surface area contributed by atoms with Gasteiger partial charge in [-0.15, -0.1) is 0 Å². The van der Waals surface area contributed by atoms with Crippen LogP contribution in [0.1, 0.15) is 24.2 Å². The summed E-state index contributed by atoms with van der Waals surface area (Å²) in [4.78, 5) is 0. The zero-order chi connectivity index (χ0) is 11.8. The van der Waals surface area contributed by atoms with Gasteiger partial charge in [0.25, 0.3) is 5.92 Å². The molecule has 2 nitrogen and oxygen atoms in total. The van der Waals surface area contributed by atoms with E-state index in [4.69, 9.17) is 10.00 Å². The Bertz CT molecular complexity index is 422. The Morgan fingerprint density at radius 1 is 1.38 bits per heavy atom. The van der Waals surface area contributed by atoms with Gasteiger partial charge in [-0.3, -0.25) is 0 Å². The lowest BCUT2D eigenvalue weighted by atomic mass is 9.97. The van der Waals surface area contributed by atoms with E-state index in [-0.39, 0.29) is 6.61 Å². The molecule has 0 aromatic heterocycles. The molecule has 0 N–H and O–H groups in total. The number of halogens is 2. The van der Waals surface area contributed by atoms with E-state index in [9.17, 15) is 8.78 Å². The largest absolute Gasteiger partial charge is 0.367 e. The lowest BCUT2D eigenvalue weighted by Crippen LogP contribution is -2.27. The van der Waals surface area contributed by atoms with Crippen LogP contribution in [0.5, 0.6) is 0 Å². The molecule has 1 saturated heterocycles. The molecule has 84 valence electrons. The van der Waals surface area contributed by atoms with E-state index in [1.54, 1.807) is 0 Å². The number of ether oxygens (including phenoxy) is 1. The van der Waals surface area contributed by atoms with Crippen LogP contribution in [-0.2, 0) is 4.74 Å². The number of nitriles is 1. The third-order valence-electron chi connectivity index (χ3n) is 2.86. The molecule has 1 aromatic carbocycles. The van der Waals surface area contributed by atoms with E-state index in [1.807, 2.05) is 6.07 Å². The van der Waals surface area contributed by atoms with Crippen LogP contribution < -0.4 is 0 Å². The van der Waals surface area contributed by atoms with Gasteiger partial charge in [-0.1, -0.05) is 19.1 Å². The van der Waals surface area contributed by atoms with Crippen molar-refractivity contribution in [2.75, 3.05) is 6.61 Å². The van der Waals surface area contributed by atoms with E-state index < -0.39 is 17.9 Å². The van der Waals surface area contributed by atoms with Crippen LogP contribution in [0.3, 0.4) is 0 Å². The first-order chi connectivity index (χ1) is 7.55. The second-order valence-corrected chi connectivity index (χ2v) is 4.02. The Kier molecular flexibility index (Phi) is 2.64. The zero-order valence-electron chi connectivity index (χ0n) is 8.78. The molecule has 1 fully saturated rings. The first-order valence-corrected chi connectivity index (χ1v) is 5.05. The highest BCUT2D eigenvalue weighted by atomic mass is 19.3. The van der Waals surface area contributed by atoms with Gasteiger partial charge in [0.2, 0.25) is 0 Å². The molecule has 1 aliphatic heterocycles. The van der Waals surface area contributed by atoms with Crippen molar-refractivity contribution in [2.24, 2.45) is 5.92 Å². The van der Waals surface area contributed by atoms with Crippen molar-refractivity contribution in [3.63, 3.8) is 0 Å². The lowest BCUT2D eigenvalue weighted by Gasteiger charge is -2.20. The summed E-state index contributed by atoms with van der Waals surface area (Å²) in [5.41, 5.74) is 0.881. The summed E-state index contributed by atoms with van der Waals surface area (Å²) in [5, 5.41) is 8.61. The number of hydrogen-bond acceptors (Lipinski definition) is 2. The van der Waals surface area contributed by atoms with Gasteiger partial charge >= 0.3 is 0 Å². The third-order valence-corrected chi connectivity index (χ3v) is 2.86. The average Bonchev–Trinajstić information content (AvgIpc) is 2.54. The molecule has 16 heavy (non-hydrogen) atoms. The zero-order valence-corrected chi connectivity index (χ0v) is 8.78. The second kappa shape index (κ2) is 3.84. The van der Waals surface area contributed by atoms with Crippen molar-refractivity contribution >= 4 is 0 Å². The molecular weight excluding hydrogens is 212 g/mol. The highest BCUT2D eigenvalue weighted by Crippen LogP contribution is 2.45. The molecule has 1 aromatic rings. The summed E-state index contributed by atoms with van der Waals surface area (Å²) in [7, 11) is 0. The normalized spacial score (nSPS) is 27.6. The fourth-order valence-corrected chi connectivity index (χ4v) is 1.77. The minimum absolute atomic E-state index is 0.0671. The van der Waals surface area contributed by atoms with Crippen molar-refractivity contribution in [1.29, 1.82) is 5.26 Å². The Balaban J connectivity index is 2.28. The average molecular weight is 223 g/mol. The van der Waals surface area contributed by atoms with Gasteiger partial charge in [0.15, 0.2) is 0 Å². The van der Waals surface area contributed by atoms with Gasteiger partial charge in [-0.25, -0.2) is 8.78 Å².